The van der Waals surface area contributed by atoms with Crippen molar-refractivity contribution in [3.63, 3.8) is 0 Å². The minimum absolute atomic E-state index is 0.224. The lowest BCUT2D eigenvalue weighted by atomic mass is 10.0. The summed E-state index contributed by atoms with van der Waals surface area (Å²) < 4.78 is 30.3. The molecule has 0 saturated heterocycles. The number of benzene rings is 2. The number of aromatic nitrogens is 2. The van der Waals surface area contributed by atoms with Gasteiger partial charge in [0.25, 0.3) is 0 Å². The molecule has 8 nitrogen and oxygen atoms in total. The Bertz CT molecular complexity index is 1190. The summed E-state index contributed by atoms with van der Waals surface area (Å²) in [6.07, 6.45) is 3.46. The number of ether oxygens (including phenoxy) is 1. The van der Waals surface area contributed by atoms with Crippen LogP contribution in [0.2, 0.25) is 5.02 Å². The number of fused-ring (bicyclic) bond motifs is 1. The molecular weight excluding hydrogens is 428 g/mol. The molecule has 1 aliphatic heterocycles. The molecule has 0 saturated carbocycles. The molecule has 0 radical (unpaired) electrons. The SMILES string of the molecule is CS(=O)(=O)c1ccc(-n2ccc(NC(=O)N[C@H]3CCOc4c(Cl)cccc43)n2)cc1. The van der Waals surface area contributed by atoms with E-state index in [1.807, 2.05) is 12.1 Å². The molecule has 2 heterocycles. The minimum atomic E-state index is -3.26. The van der Waals surface area contributed by atoms with Gasteiger partial charge in [-0.15, -0.1) is 5.10 Å². The van der Waals surface area contributed by atoms with Gasteiger partial charge in [0.05, 0.1) is 28.3 Å². The van der Waals surface area contributed by atoms with Gasteiger partial charge < -0.3 is 10.1 Å². The van der Waals surface area contributed by atoms with Crippen LogP contribution in [0.25, 0.3) is 5.69 Å². The monoisotopic (exact) mass is 446 g/mol. The second-order valence-corrected chi connectivity index (χ2v) is 9.28. The summed E-state index contributed by atoms with van der Waals surface area (Å²) in [7, 11) is -3.26. The smallest absolute Gasteiger partial charge is 0.320 e. The normalized spacial score (nSPS) is 15.7. The van der Waals surface area contributed by atoms with Crippen LogP contribution in [-0.2, 0) is 9.84 Å². The van der Waals surface area contributed by atoms with Gasteiger partial charge in [0.15, 0.2) is 15.7 Å². The molecule has 4 rings (SSSR count). The Labute approximate surface area is 178 Å². The van der Waals surface area contributed by atoms with Crippen molar-refractivity contribution >= 4 is 33.3 Å². The predicted molar refractivity (Wildman–Crippen MR) is 113 cm³/mol. The van der Waals surface area contributed by atoms with Crippen molar-refractivity contribution in [2.75, 3.05) is 18.2 Å². The Hall–Kier alpha value is -3.04. The average Bonchev–Trinajstić information content (AvgIpc) is 3.16. The van der Waals surface area contributed by atoms with Gasteiger partial charge in [0.1, 0.15) is 5.75 Å². The first-order valence-electron chi connectivity index (χ1n) is 9.16. The summed E-state index contributed by atoms with van der Waals surface area (Å²) in [6, 6.07) is 12.8. The number of nitrogens with zero attached hydrogens (tertiary/aromatic N) is 2. The van der Waals surface area contributed by atoms with Crippen LogP contribution < -0.4 is 15.4 Å². The fourth-order valence-corrected chi connectivity index (χ4v) is 4.09. The Morgan fingerprint density at radius 2 is 1.97 bits per heavy atom. The van der Waals surface area contributed by atoms with Gasteiger partial charge in [-0.3, -0.25) is 5.32 Å². The van der Waals surface area contributed by atoms with E-state index >= 15 is 0 Å². The van der Waals surface area contributed by atoms with Gasteiger partial charge in [-0.05, 0) is 30.3 Å². The highest BCUT2D eigenvalue weighted by molar-refractivity contribution is 7.90. The standard InChI is InChI=1S/C20H19ClN4O4S/c1-30(27,28)14-7-5-13(6-8-14)25-11-9-18(24-25)23-20(26)22-17-10-12-29-19-15(17)3-2-4-16(19)21/h2-9,11,17H,10,12H2,1H3,(H2,22,23,24,26)/t17-/m0/s1. The van der Waals surface area contributed by atoms with Crippen molar-refractivity contribution in [1.82, 2.24) is 15.1 Å². The van der Waals surface area contributed by atoms with E-state index in [9.17, 15) is 13.2 Å². The number of urea groups is 1. The second kappa shape index (κ2) is 8.00. The summed E-state index contributed by atoms with van der Waals surface area (Å²) in [5, 5.41) is 10.5. The van der Waals surface area contributed by atoms with E-state index in [-0.39, 0.29) is 10.9 Å². The molecule has 2 N–H and O–H groups in total. The van der Waals surface area contributed by atoms with Crippen molar-refractivity contribution in [1.29, 1.82) is 0 Å². The van der Waals surface area contributed by atoms with E-state index in [0.29, 0.717) is 35.3 Å². The number of anilines is 1. The maximum Gasteiger partial charge on any atom is 0.320 e. The highest BCUT2D eigenvalue weighted by atomic mass is 35.5. The Morgan fingerprint density at radius 1 is 1.20 bits per heavy atom. The Balaban J connectivity index is 1.43. The number of carbonyl (C=O) groups is 1. The van der Waals surface area contributed by atoms with Gasteiger partial charge in [-0.25, -0.2) is 17.9 Å². The number of nitrogens with one attached hydrogen (secondary N) is 2. The van der Waals surface area contributed by atoms with E-state index in [1.54, 1.807) is 35.1 Å². The first-order valence-corrected chi connectivity index (χ1v) is 11.4. The van der Waals surface area contributed by atoms with E-state index in [0.717, 1.165) is 11.8 Å². The van der Waals surface area contributed by atoms with Crippen LogP contribution in [0.15, 0.2) is 59.6 Å². The molecule has 1 atom stereocenters. The fourth-order valence-electron chi connectivity index (χ4n) is 3.23. The molecule has 0 aliphatic carbocycles. The van der Waals surface area contributed by atoms with Crippen LogP contribution in [0.3, 0.4) is 0 Å². The number of amides is 2. The summed E-state index contributed by atoms with van der Waals surface area (Å²) in [5.41, 5.74) is 1.50. The lowest BCUT2D eigenvalue weighted by molar-refractivity contribution is 0.232. The van der Waals surface area contributed by atoms with E-state index in [1.165, 1.54) is 12.1 Å². The zero-order chi connectivity index (χ0) is 21.3. The quantitative estimate of drug-likeness (QED) is 0.637. The highest BCUT2D eigenvalue weighted by Gasteiger charge is 2.24. The molecule has 1 aromatic heterocycles. The van der Waals surface area contributed by atoms with Crippen molar-refractivity contribution in [2.24, 2.45) is 0 Å². The van der Waals surface area contributed by atoms with Crippen molar-refractivity contribution in [3.05, 3.63) is 65.3 Å². The first-order chi connectivity index (χ1) is 14.3. The van der Waals surface area contributed by atoms with E-state index in [4.69, 9.17) is 16.3 Å². The number of para-hydroxylation sites is 1. The molecule has 3 aromatic rings. The highest BCUT2D eigenvalue weighted by Crippen LogP contribution is 2.37. The minimum Gasteiger partial charge on any atom is -0.492 e. The number of hydrogen-bond donors (Lipinski definition) is 2. The van der Waals surface area contributed by atoms with Crippen LogP contribution in [0, 0.1) is 0 Å². The van der Waals surface area contributed by atoms with Crippen LogP contribution >= 0.6 is 11.6 Å². The number of halogens is 1. The van der Waals surface area contributed by atoms with Gasteiger partial charge >= 0.3 is 6.03 Å². The molecule has 2 amide bonds. The number of hydrogen-bond acceptors (Lipinski definition) is 5. The molecule has 10 heteroatoms. The molecule has 0 bridgehead atoms. The topological polar surface area (TPSA) is 102 Å². The van der Waals surface area contributed by atoms with E-state index in [2.05, 4.69) is 15.7 Å². The fraction of sp³-hybridized carbons (Fsp3) is 0.200. The average molecular weight is 447 g/mol. The summed E-state index contributed by atoms with van der Waals surface area (Å²) in [6.45, 7) is 0.458. The third-order valence-electron chi connectivity index (χ3n) is 4.69. The summed E-state index contributed by atoms with van der Waals surface area (Å²) >= 11 is 6.17. The van der Waals surface area contributed by atoms with Gasteiger partial charge in [0, 0.05) is 30.5 Å². The molecule has 30 heavy (non-hydrogen) atoms. The van der Waals surface area contributed by atoms with Gasteiger partial charge in [-0.2, -0.15) is 0 Å². The number of sulfone groups is 1. The maximum atomic E-state index is 12.5. The van der Waals surface area contributed by atoms with Crippen molar-refractivity contribution in [3.8, 4) is 11.4 Å². The molecule has 2 aromatic carbocycles. The van der Waals surface area contributed by atoms with Gasteiger partial charge in [-0.1, -0.05) is 23.7 Å². The van der Waals surface area contributed by atoms with Crippen LogP contribution in [-0.4, -0.2) is 37.1 Å². The number of rotatable bonds is 4. The van der Waals surface area contributed by atoms with E-state index < -0.39 is 15.9 Å². The zero-order valence-corrected chi connectivity index (χ0v) is 17.6. The molecule has 0 spiro atoms. The lowest BCUT2D eigenvalue weighted by Crippen LogP contribution is -2.35. The third kappa shape index (κ3) is 4.27. The molecule has 156 valence electrons. The zero-order valence-electron chi connectivity index (χ0n) is 16.0. The first kappa shape index (κ1) is 20.2. The maximum absolute atomic E-state index is 12.5. The molecular formula is C20H19ClN4O4S. The Kier molecular flexibility index (Phi) is 5.40. The van der Waals surface area contributed by atoms with Crippen LogP contribution in [0.5, 0.6) is 5.75 Å². The predicted octanol–water partition coefficient (Wildman–Crippen LogP) is 3.57. The molecule has 0 unspecified atom stereocenters. The van der Waals surface area contributed by atoms with Crippen molar-refractivity contribution in [2.45, 2.75) is 17.4 Å². The summed E-state index contributed by atoms with van der Waals surface area (Å²) in [5.74, 6) is 0.954. The lowest BCUT2D eigenvalue weighted by Gasteiger charge is -2.27. The van der Waals surface area contributed by atoms with Crippen LogP contribution in [0.1, 0.15) is 18.0 Å². The largest absolute Gasteiger partial charge is 0.492 e. The molecule has 1 aliphatic rings. The Morgan fingerprint density at radius 3 is 2.70 bits per heavy atom. The third-order valence-corrected chi connectivity index (χ3v) is 6.12. The number of carbonyl (C=O) groups excluding carboxylic acids is 1. The van der Waals surface area contributed by atoms with Crippen LogP contribution in [0.4, 0.5) is 10.6 Å². The molecule has 0 fully saturated rings. The second-order valence-electron chi connectivity index (χ2n) is 6.86. The van der Waals surface area contributed by atoms with Crippen molar-refractivity contribution < 1.29 is 17.9 Å². The van der Waals surface area contributed by atoms with Gasteiger partial charge in [0.2, 0.25) is 0 Å². The summed E-state index contributed by atoms with van der Waals surface area (Å²) in [4.78, 5) is 12.7.